The molecule has 4 heteroatoms. The second-order valence-electron chi connectivity index (χ2n) is 3.44. The van der Waals surface area contributed by atoms with Gasteiger partial charge in [-0.1, -0.05) is 6.92 Å². The summed E-state index contributed by atoms with van der Waals surface area (Å²) in [6.45, 7) is 5.80. The molecule has 1 aliphatic heterocycles. The SMILES string of the molecule is CCC1COC(C)CN1C(N)=NC. The van der Waals surface area contributed by atoms with Gasteiger partial charge >= 0.3 is 0 Å². The second kappa shape index (κ2) is 4.46. The summed E-state index contributed by atoms with van der Waals surface area (Å²) in [6.07, 6.45) is 1.30. The lowest BCUT2D eigenvalue weighted by Gasteiger charge is -2.38. The van der Waals surface area contributed by atoms with Gasteiger partial charge in [-0.2, -0.15) is 0 Å². The summed E-state index contributed by atoms with van der Waals surface area (Å²) in [5, 5.41) is 0. The van der Waals surface area contributed by atoms with Crippen LogP contribution in [0.5, 0.6) is 0 Å². The Bertz CT molecular complexity index is 193. The summed E-state index contributed by atoms with van der Waals surface area (Å²) in [5.41, 5.74) is 5.80. The Morgan fingerprint density at radius 2 is 2.38 bits per heavy atom. The van der Waals surface area contributed by atoms with Crippen LogP contribution in [0.1, 0.15) is 20.3 Å². The van der Waals surface area contributed by atoms with Gasteiger partial charge < -0.3 is 15.4 Å². The summed E-state index contributed by atoms with van der Waals surface area (Å²) >= 11 is 0. The zero-order valence-corrected chi connectivity index (χ0v) is 8.66. The van der Waals surface area contributed by atoms with Crippen LogP contribution in [0.2, 0.25) is 0 Å². The minimum Gasteiger partial charge on any atom is -0.375 e. The Morgan fingerprint density at radius 1 is 1.69 bits per heavy atom. The van der Waals surface area contributed by atoms with Gasteiger partial charge in [-0.15, -0.1) is 0 Å². The van der Waals surface area contributed by atoms with Gasteiger partial charge in [0.25, 0.3) is 0 Å². The fourth-order valence-electron chi connectivity index (χ4n) is 1.59. The van der Waals surface area contributed by atoms with E-state index in [4.69, 9.17) is 10.5 Å². The summed E-state index contributed by atoms with van der Waals surface area (Å²) in [6, 6.07) is 0.389. The smallest absolute Gasteiger partial charge is 0.191 e. The molecule has 0 bridgehead atoms. The van der Waals surface area contributed by atoms with Crippen molar-refractivity contribution in [1.29, 1.82) is 0 Å². The number of hydrogen-bond donors (Lipinski definition) is 1. The monoisotopic (exact) mass is 185 g/mol. The van der Waals surface area contributed by atoms with Crippen LogP contribution < -0.4 is 5.73 Å². The number of nitrogens with zero attached hydrogens (tertiary/aromatic N) is 2. The van der Waals surface area contributed by atoms with Crippen molar-refractivity contribution in [3.63, 3.8) is 0 Å². The van der Waals surface area contributed by atoms with E-state index in [-0.39, 0.29) is 6.10 Å². The minimum absolute atomic E-state index is 0.253. The molecule has 1 rings (SSSR count). The van der Waals surface area contributed by atoms with E-state index >= 15 is 0 Å². The van der Waals surface area contributed by atoms with Crippen LogP contribution in [0, 0.1) is 0 Å². The number of hydrogen-bond acceptors (Lipinski definition) is 2. The molecule has 0 saturated carbocycles. The van der Waals surface area contributed by atoms with Crippen molar-refractivity contribution in [1.82, 2.24) is 4.90 Å². The fraction of sp³-hybridized carbons (Fsp3) is 0.889. The minimum atomic E-state index is 0.253. The Balaban J connectivity index is 2.65. The number of morpholine rings is 1. The predicted molar refractivity (Wildman–Crippen MR) is 53.7 cm³/mol. The van der Waals surface area contributed by atoms with Crippen LogP contribution in [0.3, 0.4) is 0 Å². The van der Waals surface area contributed by atoms with E-state index in [0.717, 1.165) is 19.6 Å². The molecule has 13 heavy (non-hydrogen) atoms. The topological polar surface area (TPSA) is 50.9 Å². The van der Waals surface area contributed by atoms with Gasteiger partial charge in [0, 0.05) is 13.6 Å². The average molecular weight is 185 g/mol. The van der Waals surface area contributed by atoms with E-state index < -0.39 is 0 Å². The van der Waals surface area contributed by atoms with Gasteiger partial charge in [-0.3, -0.25) is 4.99 Å². The van der Waals surface area contributed by atoms with Crippen molar-refractivity contribution in [3.05, 3.63) is 0 Å². The van der Waals surface area contributed by atoms with Gasteiger partial charge in [-0.25, -0.2) is 0 Å². The summed E-state index contributed by atoms with van der Waals surface area (Å²) in [7, 11) is 1.72. The van der Waals surface area contributed by atoms with Gasteiger partial charge in [0.1, 0.15) is 0 Å². The van der Waals surface area contributed by atoms with Crippen LogP contribution in [0.15, 0.2) is 4.99 Å². The molecule has 0 spiro atoms. The van der Waals surface area contributed by atoms with Crippen molar-refractivity contribution >= 4 is 5.96 Å². The summed E-state index contributed by atoms with van der Waals surface area (Å²) in [4.78, 5) is 6.14. The molecule has 1 aliphatic rings. The van der Waals surface area contributed by atoms with Gasteiger partial charge in [0.2, 0.25) is 0 Å². The number of nitrogens with two attached hydrogens (primary N) is 1. The molecule has 0 aliphatic carbocycles. The molecule has 1 saturated heterocycles. The number of aliphatic imine (C=N–C) groups is 1. The largest absolute Gasteiger partial charge is 0.375 e. The number of rotatable bonds is 1. The van der Waals surface area contributed by atoms with Crippen molar-refractivity contribution in [2.75, 3.05) is 20.2 Å². The van der Waals surface area contributed by atoms with E-state index in [1.54, 1.807) is 7.05 Å². The highest BCUT2D eigenvalue weighted by Crippen LogP contribution is 2.13. The molecule has 2 unspecified atom stereocenters. The van der Waals surface area contributed by atoms with Crippen molar-refractivity contribution in [2.24, 2.45) is 10.7 Å². The fourth-order valence-corrected chi connectivity index (χ4v) is 1.59. The van der Waals surface area contributed by atoms with Crippen molar-refractivity contribution in [2.45, 2.75) is 32.4 Å². The van der Waals surface area contributed by atoms with E-state index in [2.05, 4.69) is 23.7 Å². The van der Waals surface area contributed by atoms with Gasteiger partial charge in [-0.05, 0) is 13.3 Å². The molecule has 0 aromatic carbocycles. The first-order valence-corrected chi connectivity index (χ1v) is 4.79. The molecular formula is C9H19N3O. The van der Waals surface area contributed by atoms with Crippen LogP contribution in [0.25, 0.3) is 0 Å². The van der Waals surface area contributed by atoms with Crippen molar-refractivity contribution in [3.8, 4) is 0 Å². The first-order chi connectivity index (χ1) is 6.19. The lowest BCUT2D eigenvalue weighted by atomic mass is 10.1. The lowest BCUT2D eigenvalue weighted by Crippen LogP contribution is -2.53. The number of ether oxygens (including phenoxy) is 1. The highest BCUT2D eigenvalue weighted by molar-refractivity contribution is 5.78. The molecule has 1 fully saturated rings. The summed E-state index contributed by atoms with van der Waals surface area (Å²) in [5.74, 6) is 0.627. The Kier molecular flexibility index (Phi) is 3.54. The molecule has 76 valence electrons. The van der Waals surface area contributed by atoms with Crippen molar-refractivity contribution < 1.29 is 4.74 Å². The quantitative estimate of drug-likeness (QED) is 0.476. The van der Waals surface area contributed by atoms with Crippen LogP contribution in [0.4, 0.5) is 0 Å². The molecule has 0 aromatic rings. The maximum absolute atomic E-state index is 5.80. The third kappa shape index (κ3) is 2.34. The Morgan fingerprint density at radius 3 is 2.92 bits per heavy atom. The molecule has 2 N–H and O–H groups in total. The van der Waals surface area contributed by atoms with Gasteiger partial charge in [0.15, 0.2) is 5.96 Å². The first kappa shape index (κ1) is 10.3. The normalized spacial score (nSPS) is 30.7. The predicted octanol–water partition coefficient (Wildman–Crippen LogP) is 0.430. The zero-order chi connectivity index (χ0) is 9.84. The second-order valence-corrected chi connectivity index (χ2v) is 3.44. The Labute approximate surface area is 79.8 Å². The maximum Gasteiger partial charge on any atom is 0.191 e. The molecule has 0 amide bonds. The highest BCUT2D eigenvalue weighted by atomic mass is 16.5. The molecule has 4 nitrogen and oxygen atoms in total. The highest BCUT2D eigenvalue weighted by Gasteiger charge is 2.26. The van der Waals surface area contributed by atoms with Crippen LogP contribution in [-0.4, -0.2) is 43.2 Å². The molecule has 1 heterocycles. The first-order valence-electron chi connectivity index (χ1n) is 4.79. The molecular weight excluding hydrogens is 166 g/mol. The van der Waals surface area contributed by atoms with E-state index in [0.29, 0.717) is 12.0 Å². The van der Waals surface area contributed by atoms with E-state index in [9.17, 15) is 0 Å². The zero-order valence-electron chi connectivity index (χ0n) is 8.66. The molecule has 2 atom stereocenters. The third-order valence-electron chi connectivity index (χ3n) is 2.46. The summed E-state index contributed by atoms with van der Waals surface area (Å²) < 4.78 is 5.55. The maximum atomic E-state index is 5.80. The lowest BCUT2D eigenvalue weighted by molar-refractivity contribution is -0.0289. The number of guanidine groups is 1. The average Bonchev–Trinajstić information content (AvgIpc) is 2.16. The van der Waals surface area contributed by atoms with Gasteiger partial charge in [0.05, 0.1) is 18.8 Å². The molecule has 0 radical (unpaired) electrons. The Hall–Kier alpha value is -0.770. The van der Waals surface area contributed by atoms with E-state index in [1.165, 1.54) is 0 Å². The van der Waals surface area contributed by atoms with Crippen LogP contribution >= 0.6 is 0 Å². The third-order valence-corrected chi connectivity index (χ3v) is 2.46. The van der Waals surface area contributed by atoms with Crippen LogP contribution in [-0.2, 0) is 4.74 Å². The van der Waals surface area contributed by atoms with E-state index in [1.807, 2.05) is 0 Å². The standard InChI is InChI=1S/C9H19N3O/c1-4-8-6-13-7(2)5-12(8)9(10)11-3/h7-8H,4-6H2,1-3H3,(H2,10,11). The molecule has 0 aromatic heterocycles.